The molecule has 7 heteroatoms. The second-order valence-corrected chi connectivity index (χ2v) is 6.28. The van der Waals surface area contributed by atoms with Crippen molar-refractivity contribution in [1.29, 1.82) is 0 Å². The van der Waals surface area contributed by atoms with Gasteiger partial charge in [-0.3, -0.25) is 4.79 Å². The molecule has 0 atom stereocenters. The van der Waals surface area contributed by atoms with Crippen molar-refractivity contribution in [2.24, 2.45) is 0 Å². The highest BCUT2D eigenvalue weighted by molar-refractivity contribution is 7.99. The summed E-state index contributed by atoms with van der Waals surface area (Å²) in [5.41, 5.74) is 1.68. The monoisotopic (exact) mass is 361 g/mol. The Morgan fingerprint density at radius 2 is 1.96 bits per heavy atom. The van der Waals surface area contributed by atoms with Crippen LogP contribution in [0.1, 0.15) is 5.56 Å². The van der Waals surface area contributed by atoms with Gasteiger partial charge in [0, 0.05) is 11.8 Å². The molecule has 1 heterocycles. The number of methoxy groups -OCH3 is 2. The molecule has 0 aliphatic carbocycles. The van der Waals surface area contributed by atoms with Crippen molar-refractivity contribution in [3.05, 3.63) is 42.0 Å². The summed E-state index contributed by atoms with van der Waals surface area (Å²) in [5.74, 6) is 3.70. The van der Waals surface area contributed by atoms with Crippen molar-refractivity contribution in [2.75, 3.05) is 32.1 Å². The lowest BCUT2D eigenvalue weighted by Crippen LogP contribution is -2.15. The molecule has 0 radical (unpaired) electrons. The molecule has 0 fully saturated rings. The van der Waals surface area contributed by atoms with Crippen LogP contribution in [0, 0.1) is 0 Å². The van der Waals surface area contributed by atoms with Crippen molar-refractivity contribution in [3.8, 4) is 23.0 Å². The summed E-state index contributed by atoms with van der Waals surface area (Å²) >= 11 is 1.52. The standard InChI is InChI=1S/C18H19NO5S/c1-21-13-4-6-15(22-2)14(8-13)19-18(20)10-25-9-12-3-5-16-17(7-12)24-11-23-16/h3-8H,9-11H2,1-2H3,(H,19,20). The second-order valence-electron chi connectivity index (χ2n) is 5.29. The van der Waals surface area contributed by atoms with E-state index in [1.807, 2.05) is 18.2 Å². The first-order chi connectivity index (χ1) is 12.2. The van der Waals surface area contributed by atoms with E-state index in [4.69, 9.17) is 18.9 Å². The van der Waals surface area contributed by atoms with Crippen LogP contribution in [-0.4, -0.2) is 32.7 Å². The van der Waals surface area contributed by atoms with Crippen LogP contribution < -0.4 is 24.3 Å². The van der Waals surface area contributed by atoms with E-state index in [0.717, 1.165) is 17.1 Å². The van der Waals surface area contributed by atoms with Crippen molar-refractivity contribution < 1.29 is 23.7 Å². The van der Waals surface area contributed by atoms with Crippen LogP contribution in [0.5, 0.6) is 23.0 Å². The number of anilines is 1. The molecule has 1 aliphatic rings. The Morgan fingerprint density at radius 1 is 1.12 bits per heavy atom. The summed E-state index contributed by atoms with van der Waals surface area (Å²) in [7, 11) is 3.14. The first-order valence-corrected chi connectivity index (χ1v) is 8.83. The minimum Gasteiger partial charge on any atom is -0.497 e. The van der Waals surface area contributed by atoms with Gasteiger partial charge in [-0.25, -0.2) is 0 Å². The number of amides is 1. The molecule has 0 spiro atoms. The Morgan fingerprint density at radius 3 is 2.76 bits per heavy atom. The Kier molecular flexibility index (Phi) is 5.55. The summed E-state index contributed by atoms with van der Waals surface area (Å²) < 4.78 is 21.1. The van der Waals surface area contributed by atoms with Crippen LogP contribution >= 0.6 is 11.8 Å². The minimum atomic E-state index is -0.0997. The van der Waals surface area contributed by atoms with E-state index in [1.165, 1.54) is 11.8 Å². The van der Waals surface area contributed by atoms with Gasteiger partial charge in [0.1, 0.15) is 11.5 Å². The average Bonchev–Trinajstić information content (AvgIpc) is 3.09. The van der Waals surface area contributed by atoms with Gasteiger partial charge in [-0.05, 0) is 29.8 Å². The number of thioether (sulfide) groups is 1. The highest BCUT2D eigenvalue weighted by Crippen LogP contribution is 2.33. The second kappa shape index (κ2) is 8.02. The van der Waals surface area contributed by atoms with E-state index in [2.05, 4.69) is 5.32 Å². The third-order valence-electron chi connectivity index (χ3n) is 3.62. The largest absolute Gasteiger partial charge is 0.497 e. The lowest BCUT2D eigenvalue weighted by atomic mass is 10.2. The van der Waals surface area contributed by atoms with E-state index in [0.29, 0.717) is 28.7 Å². The highest BCUT2D eigenvalue weighted by Gasteiger charge is 2.14. The summed E-state index contributed by atoms with van der Waals surface area (Å²) in [5, 5.41) is 2.85. The molecule has 2 aromatic rings. The molecule has 1 N–H and O–H groups in total. The molecule has 0 saturated heterocycles. The SMILES string of the molecule is COc1ccc(OC)c(NC(=O)CSCc2ccc3c(c2)OCO3)c1. The number of carbonyl (C=O) groups excluding carboxylic acids is 1. The summed E-state index contributed by atoms with van der Waals surface area (Å²) in [4.78, 5) is 12.2. The van der Waals surface area contributed by atoms with E-state index in [9.17, 15) is 4.79 Å². The molecule has 0 aromatic heterocycles. The molecule has 0 bridgehead atoms. The molecule has 25 heavy (non-hydrogen) atoms. The number of rotatable bonds is 7. The fraction of sp³-hybridized carbons (Fsp3) is 0.278. The van der Waals surface area contributed by atoms with Crippen LogP contribution in [0.4, 0.5) is 5.69 Å². The predicted molar refractivity (Wildman–Crippen MR) is 96.9 cm³/mol. The first kappa shape index (κ1) is 17.3. The average molecular weight is 361 g/mol. The number of benzene rings is 2. The normalized spacial score (nSPS) is 11.9. The predicted octanol–water partition coefficient (Wildman–Crippen LogP) is 3.30. The van der Waals surface area contributed by atoms with Crippen LogP contribution in [0.3, 0.4) is 0 Å². The molecule has 6 nitrogen and oxygen atoms in total. The van der Waals surface area contributed by atoms with Gasteiger partial charge in [-0.2, -0.15) is 0 Å². The van der Waals surface area contributed by atoms with Gasteiger partial charge in [0.25, 0.3) is 0 Å². The molecule has 0 unspecified atom stereocenters. The quantitative estimate of drug-likeness (QED) is 0.816. The lowest BCUT2D eigenvalue weighted by molar-refractivity contribution is -0.113. The molecule has 1 amide bonds. The molecule has 2 aromatic carbocycles. The van der Waals surface area contributed by atoms with Crippen LogP contribution in [0.25, 0.3) is 0 Å². The Balaban J connectivity index is 1.53. The third kappa shape index (κ3) is 4.30. The fourth-order valence-corrected chi connectivity index (χ4v) is 3.17. The van der Waals surface area contributed by atoms with Gasteiger partial charge in [-0.15, -0.1) is 11.8 Å². The maximum Gasteiger partial charge on any atom is 0.234 e. The van der Waals surface area contributed by atoms with Crippen molar-refractivity contribution in [1.82, 2.24) is 0 Å². The number of hydrogen-bond donors (Lipinski definition) is 1. The number of fused-ring (bicyclic) bond motifs is 1. The van der Waals surface area contributed by atoms with E-state index in [1.54, 1.807) is 32.4 Å². The third-order valence-corrected chi connectivity index (χ3v) is 4.62. The zero-order chi connectivity index (χ0) is 17.6. The maximum absolute atomic E-state index is 12.2. The van der Waals surface area contributed by atoms with Gasteiger partial charge in [0.2, 0.25) is 12.7 Å². The zero-order valence-corrected chi connectivity index (χ0v) is 14.9. The van der Waals surface area contributed by atoms with Crippen molar-refractivity contribution in [3.63, 3.8) is 0 Å². The summed E-state index contributed by atoms with van der Waals surface area (Å²) in [6.45, 7) is 0.261. The molecular weight excluding hydrogens is 342 g/mol. The summed E-state index contributed by atoms with van der Waals surface area (Å²) in [6, 6.07) is 11.1. The molecule has 3 rings (SSSR count). The van der Waals surface area contributed by atoms with Gasteiger partial charge in [0.15, 0.2) is 11.5 Å². The molecule has 0 saturated carbocycles. The number of carbonyl (C=O) groups is 1. The highest BCUT2D eigenvalue weighted by atomic mass is 32.2. The van der Waals surface area contributed by atoms with Gasteiger partial charge in [0.05, 0.1) is 25.7 Å². The summed E-state index contributed by atoms with van der Waals surface area (Å²) in [6.07, 6.45) is 0. The minimum absolute atomic E-state index is 0.0997. The lowest BCUT2D eigenvalue weighted by Gasteiger charge is -2.11. The van der Waals surface area contributed by atoms with Crippen LogP contribution in [-0.2, 0) is 10.5 Å². The van der Waals surface area contributed by atoms with E-state index in [-0.39, 0.29) is 12.7 Å². The molecule has 1 aliphatic heterocycles. The fourth-order valence-electron chi connectivity index (χ4n) is 2.39. The first-order valence-electron chi connectivity index (χ1n) is 7.67. The Labute approximate surface area is 150 Å². The number of nitrogens with one attached hydrogen (secondary N) is 1. The Hall–Kier alpha value is -2.54. The molecular formula is C18H19NO5S. The van der Waals surface area contributed by atoms with E-state index >= 15 is 0 Å². The Bertz CT molecular complexity index is 765. The smallest absolute Gasteiger partial charge is 0.234 e. The van der Waals surface area contributed by atoms with Gasteiger partial charge >= 0.3 is 0 Å². The number of ether oxygens (including phenoxy) is 4. The maximum atomic E-state index is 12.2. The van der Waals surface area contributed by atoms with Crippen LogP contribution in [0.2, 0.25) is 0 Å². The van der Waals surface area contributed by atoms with E-state index < -0.39 is 0 Å². The molecule has 132 valence electrons. The van der Waals surface area contributed by atoms with Gasteiger partial charge in [-0.1, -0.05) is 6.07 Å². The van der Waals surface area contributed by atoms with Crippen molar-refractivity contribution in [2.45, 2.75) is 5.75 Å². The zero-order valence-electron chi connectivity index (χ0n) is 14.0. The topological polar surface area (TPSA) is 66.0 Å². The number of hydrogen-bond acceptors (Lipinski definition) is 6. The van der Waals surface area contributed by atoms with Crippen LogP contribution in [0.15, 0.2) is 36.4 Å². The van der Waals surface area contributed by atoms with Gasteiger partial charge < -0.3 is 24.3 Å². The van der Waals surface area contributed by atoms with Crippen molar-refractivity contribution >= 4 is 23.4 Å².